The van der Waals surface area contributed by atoms with Crippen molar-refractivity contribution in [3.63, 3.8) is 0 Å². The van der Waals surface area contributed by atoms with Crippen molar-refractivity contribution in [1.82, 2.24) is 4.98 Å². The summed E-state index contributed by atoms with van der Waals surface area (Å²) in [7, 11) is 0. The standard InChI is InChI=1S/C18H14ClNO3/c1-10-3-5-13(11(2)7-10)16(21)9-15-18(22)23-17-6-4-12(19)8-14(17)20-15/h3-9,21H,1-2H3. The lowest BCUT2D eigenvalue weighted by Gasteiger charge is -2.06. The van der Waals surface area contributed by atoms with Crippen molar-refractivity contribution in [2.75, 3.05) is 0 Å². The lowest BCUT2D eigenvalue weighted by Crippen LogP contribution is -2.06. The van der Waals surface area contributed by atoms with Crippen LogP contribution in [-0.2, 0) is 0 Å². The number of fused-ring (bicyclic) bond motifs is 1. The third-order valence-electron chi connectivity index (χ3n) is 3.50. The molecule has 1 N–H and O–H groups in total. The molecular formula is C18H14ClNO3. The van der Waals surface area contributed by atoms with Crippen LogP contribution in [0.2, 0.25) is 5.02 Å². The molecule has 0 unspecified atom stereocenters. The Labute approximate surface area is 137 Å². The summed E-state index contributed by atoms with van der Waals surface area (Å²) >= 11 is 5.92. The quantitative estimate of drug-likeness (QED) is 0.703. The Bertz CT molecular complexity index is 989. The number of nitrogens with zero attached hydrogens (tertiary/aromatic N) is 1. The lowest BCUT2D eigenvalue weighted by molar-refractivity contribution is 0.513. The fourth-order valence-electron chi connectivity index (χ4n) is 2.39. The first-order valence-corrected chi connectivity index (χ1v) is 7.40. The number of aryl methyl sites for hydroxylation is 2. The second kappa shape index (κ2) is 5.89. The fourth-order valence-corrected chi connectivity index (χ4v) is 2.56. The Morgan fingerprint density at radius 2 is 2.00 bits per heavy atom. The van der Waals surface area contributed by atoms with E-state index in [0.717, 1.165) is 11.1 Å². The Morgan fingerprint density at radius 3 is 2.74 bits per heavy atom. The summed E-state index contributed by atoms with van der Waals surface area (Å²) in [4.78, 5) is 16.2. The minimum atomic E-state index is -0.615. The smallest absolute Gasteiger partial charge is 0.362 e. The molecule has 0 spiro atoms. The van der Waals surface area contributed by atoms with Gasteiger partial charge in [0.15, 0.2) is 11.3 Å². The molecule has 0 fully saturated rings. The highest BCUT2D eigenvalue weighted by Gasteiger charge is 2.09. The van der Waals surface area contributed by atoms with Gasteiger partial charge in [0.2, 0.25) is 0 Å². The molecule has 1 heterocycles. The van der Waals surface area contributed by atoms with E-state index in [1.165, 1.54) is 6.08 Å². The number of hydrogen-bond donors (Lipinski definition) is 1. The van der Waals surface area contributed by atoms with Gasteiger partial charge in [0.05, 0.1) is 0 Å². The Morgan fingerprint density at radius 1 is 1.22 bits per heavy atom. The highest BCUT2D eigenvalue weighted by molar-refractivity contribution is 6.31. The average molecular weight is 328 g/mol. The van der Waals surface area contributed by atoms with Crippen molar-refractivity contribution in [1.29, 1.82) is 0 Å². The van der Waals surface area contributed by atoms with Gasteiger partial charge < -0.3 is 9.52 Å². The van der Waals surface area contributed by atoms with E-state index in [9.17, 15) is 9.90 Å². The van der Waals surface area contributed by atoms with Gasteiger partial charge in [-0.05, 0) is 37.6 Å². The number of hydrogen-bond acceptors (Lipinski definition) is 4. The molecular weight excluding hydrogens is 314 g/mol. The van der Waals surface area contributed by atoms with Crippen molar-refractivity contribution < 1.29 is 9.52 Å². The van der Waals surface area contributed by atoms with E-state index in [4.69, 9.17) is 16.0 Å². The number of benzene rings is 2. The van der Waals surface area contributed by atoms with E-state index in [1.807, 2.05) is 26.0 Å². The van der Waals surface area contributed by atoms with Gasteiger partial charge in [-0.3, -0.25) is 0 Å². The third kappa shape index (κ3) is 3.12. The molecule has 0 radical (unpaired) electrons. The molecule has 2 aromatic carbocycles. The highest BCUT2D eigenvalue weighted by Crippen LogP contribution is 2.21. The summed E-state index contributed by atoms with van der Waals surface area (Å²) in [6, 6.07) is 10.5. The second-order valence-electron chi connectivity index (χ2n) is 5.35. The fraction of sp³-hybridized carbons (Fsp3) is 0.111. The van der Waals surface area contributed by atoms with Crippen LogP contribution in [0, 0.1) is 13.8 Å². The number of aliphatic hydroxyl groups excluding tert-OH is 1. The normalized spacial score (nSPS) is 11.9. The predicted molar refractivity (Wildman–Crippen MR) is 91.7 cm³/mol. The van der Waals surface area contributed by atoms with Crippen molar-refractivity contribution in [2.24, 2.45) is 0 Å². The first-order valence-electron chi connectivity index (χ1n) is 7.03. The van der Waals surface area contributed by atoms with Gasteiger partial charge in [0.25, 0.3) is 0 Å². The van der Waals surface area contributed by atoms with Crippen LogP contribution < -0.4 is 5.63 Å². The summed E-state index contributed by atoms with van der Waals surface area (Å²) in [6.45, 7) is 3.86. The number of aliphatic hydroxyl groups is 1. The molecule has 5 heteroatoms. The highest BCUT2D eigenvalue weighted by atomic mass is 35.5. The third-order valence-corrected chi connectivity index (χ3v) is 3.74. The summed E-state index contributed by atoms with van der Waals surface area (Å²) in [5.74, 6) is -0.0383. The van der Waals surface area contributed by atoms with Gasteiger partial charge in [0.1, 0.15) is 11.3 Å². The van der Waals surface area contributed by atoms with E-state index in [1.54, 1.807) is 24.3 Å². The van der Waals surface area contributed by atoms with Crippen LogP contribution >= 0.6 is 11.6 Å². The molecule has 4 nitrogen and oxygen atoms in total. The van der Waals surface area contributed by atoms with Gasteiger partial charge >= 0.3 is 5.63 Å². The summed E-state index contributed by atoms with van der Waals surface area (Å²) in [5.41, 5.74) is 2.86. The monoisotopic (exact) mass is 327 g/mol. The first kappa shape index (κ1) is 15.3. The lowest BCUT2D eigenvalue weighted by atomic mass is 10.0. The van der Waals surface area contributed by atoms with Crippen LogP contribution in [0.1, 0.15) is 22.4 Å². The minimum absolute atomic E-state index is 0.0252. The molecule has 23 heavy (non-hydrogen) atoms. The molecule has 0 aliphatic carbocycles. The Hall–Kier alpha value is -2.59. The maximum Gasteiger partial charge on any atom is 0.362 e. The molecule has 0 saturated heterocycles. The number of halogens is 1. The Balaban J connectivity index is 2.12. The van der Waals surface area contributed by atoms with E-state index < -0.39 is 5.63 Å². The molecule has 0 saturated carbocycles. The molecule has 0 aliphatic heterocycles. The molecule has 0 bridgehead atoms. The van der Waals surface area contributed by atoms with E-state index in [2.05, 4.69) is 4.98 Å². The average Bonchev–Trinajstić information content (AvgIpc) is 2.48. The maximum absolute atomic E-state index is 12.0. The van der Waals surface area contributed by atoms with Gasteiger partial charge in [-0.1, -0.05) is 35.4 Å². The van der Waals surface area contributed by atoms with Crippen LogP contribution in [-0.4, -0.2) is 10.1 Å². The van der Waals surface area contributed by atoms with Crippen molar-refractivity contribution in [2.45, 2.75) is 13.8 Å². The molecule has 0 aliphatic rings. The van der Waals surface area contributed by atoms with Crippen LogP contribution in [0.3, 0.4) is 0 Å². The zero-order chi connectivity index (χ0) is 16.6. The first-order chi connectivity index (χ1) is 10.9. The van der Waals surface area contributed by atoms with Crippen molar-refractivity contribution >= 4 is 34.5 Å². The molecule has 3 rings (SSSR count). The second-order valence-corrected chi connectivity index (χ2v) is 5.78. The van der Waals surface area contributed by atoms with Crippen molar-refractivity contribution in [3.8, 4) is 0 Å². The van der Waals surface area contributed by atoms with E-state index >= 15 is 0 Å². The molecule has 3 aromatic rings. The molecule has 0 amide bonds. The zero-order valence-corrected chi connectivity index (χ0v) is 13.4. The molecule has 1 aromatic heterocycles. The largest absolute Gasteiger partial charge is 0.507 e. The molecule has 0 atom stereocenters. The topological polar surface area (TPSA) is 63.3 Å². The van der Waals surface area contributed by atoms with Gasteiger partial charge in [-0.15, -0.1) is 0 Å². The van der Waals surface area contributed by atoms with Gasteiger partial charge in [-0.25, -0.2) is 9.78 Å². The van der Waals surface area contributed by atoms with Crippen LogP contribution in [0.15, 0.2) is 45.6 Å². The minimum Gasteiger partial charge on any atom is -0.507 e. The summed E-state index contributed by atoms with van der Waals surface area (Å²) in [5, 5.41) is 10.8. The van der Waals surface area contributed by atoms with E-state index in [-0.39, 0.29) is 11.5 Å². The molecule has 116 valence electrons. The van der Waals surface area contributed by atoms with Crippen molar-refractivity contribution in [3.05, 3.63) is 74.2 Å². The van der Waals surface area contributed by atoms with Crippen LogP contribution in [0.25, 0.3) is 22.9 Å². The summed E-state index contributed by atoms with van der Waals surface area (Å²) in [6.07, 6.45) is 1.31. The predicted octanol–water partition coefficient (Wildman–Crippen LogP) is 4.51. The zero-order valence-electron chi connectivity index (χ0n) is 12.6. The number of rotatable bonds is 2. The van der Waals surface area contributed by atoms with Gasteiger partial charge in [0, 0.05) is 16.7 Å². The number of aromatic nitrogens is 1. The Kier molecular flexibility index (Phi) is 3.92. The van der Waals surface area contributed by atoms with Crippen LogP contribution in [0.4, 0.5) is 0 Å². The SMILES string of the molecule is Cc1ccc(C(O)=Cc2nc3cc(Cl)ccc3oc2=O)c(C)c1. The maximum atomic E-state index is 12.0. The van der Waals surface area contributed by atoms with Gasteiger partial charge in [-0.2, -0.15) is 0 Å². The van der Waals surface area contributed by atoms with Crippen LogP contribution in [0.5, 0.6) is 0 Å². The van der Waals surface area contributed by atoms with E-state index in [0.29, 0.717) is 21.7 Å². The summed E-state index contributed by atoms with van der Waals surface area (Å²) < 4.78 is 5.20.